The van der Waals surface area contributed by atoms with Crippen LogP contribution in [0.2, 0.25) is 0 Å². The maximum atomic E-state index is 12.3. The van der Waals surface area contributed by atoms with Crippen LogP contribution in [0, 0.1) is 0 Å². The van der Waals surface area contributed by atoms with Crippen molar-refractivity contribution in [3.05, 3.63) is 65.2 Å². The molecule has 0 atom stereocenters. The summed E-state index contributed by atoms with van der Waals surface area (Å²) >= 11 is 0. The minimum Gasteiger partial charge on any atom is -0.330 e. The Labute approximate surface area is 129 Å². The largest absolute Gasteiger partial charge is 0.330 e. The molecule has 0 radical (unpaired) electrons. The summed E-state index contributed by atoms with van der Waals surface area (Å²) < 4.78 is 25.0. The van der Waals surface area contributed by atoms with Gasteiger partial charge in [0.2, 0.25) is 10.0 Å². The van der Waals surface area contributed by atoms with Crippen LogP contribution in [0.25, 0.3) is 0 Å². The number of carbonyl (C=O) groups is 1. The number of fused-ring (bicyclic) bond motifs is 1. The molecule has 1 aliphatic rings. The molecule has 0 spiro atoms. The van der Waals surface area contributed by atoms with Crippen LogP contribution in [-0.2, 0) is 23.1 Å². The molecule has 1 amide bonds. The van der Waals surface area contributed by atoms with E-state index < -0.39 is 10.0 Å². The zero-order valence-corrected chi connectivity index (χ0v) is 12.9. The summed E-state index contributed by atoms with van der Waals surface area (Å²) in [6.07, 6.45) is 1.11. The molecule has 6 heteroatoms. The summed E-state index contributed by atoms with van der Waals surface area (Å²) in [7, 11) is -3.31. The maximum Gasteiger partial charge on any atom is 0.254 e. The Kier molecular flexibility index (Phi) is 3.62. The van der Waals surface area contributed by atoms with Crippen molar-refractivity contribution in [2.75, 3.05) is 11.0 Å². The van der Waals surface area contributed by atoms with Gasteiger partial charge in [-0.15, -0.1) is 0 Å². The van der Waals surface area contributed by atoms with Crippen molar-refractivity contribution >= 4 is 21.6 Å². The fourth-order valence-corrected chi connectivity index (χ4v) is 3.17. The molecule has 0 fully saturated rings. The number of hydrogen-bond donors (Lipinski definition) is 1. The van der Waals surface area contributed by atoms with Crippen LogP contribution in [0.4, 0.5) is 5.69 Å². The number of rotatable bonds is 4. The highest BCUT2D eigenvalue weighted by atomic mass is 32.2. The van der Waals surface area contributed by atoms with Crippen LogP contribution < -0.4 is 4.72 Å². The standard InChI is InChI=1S/C16H16N2O3S/c1-22(20,21)17-14-7-4-5-12(9-14)10-18-11-13-6-2-3-8-15(13)16(18)19/h2-9,17H,10-11H2,1H3. The Morgan fingerprint density at radius 2 is 1.91 bits per heavy atom. The molecule has 0 aliphatic carbocycles. The lowest BCUT2D eigenvalue weighted by atomic mass is 10.1. The molecule has 1 aliphatic heterocycles. The molecule has 114 valence electrons. The average Bonchev–Trinajstić information content (AvgIpc) is 2.75. The van der Waals surface area contributed by atoms with Gasteiger partial charge in [0.05, 0.1) is 6.26 Å². The van der Waals surface area contributed by atoms with Gasteiger partial charge in [-0.2, -0.15) is 0 Å². The van der Waals surface area contributed by atoms with E-state index in [1.807, 2.05) is 30.3 Å². The van der Waals surface area contributed by atoms with E-state index in [0.29, 0.717) is 18.8 Å². The lowest BCUT2D eigenvalue weighted by Crippen LogP contribution is -2.23. The molecule has 0 unspecified atom stereocenters. The molecular formula is C16H16N2O3S. The molecule has 0 saturated carbocycles. The predicted octanol–water partition coefficient (Wildman–Crippen LogP) is 2.21. The summed E-state index contributed by atoms with van der Waals surface area (Å²) in [6, 6.07) is 14.7. The zero-order valence-electron chi connectivity index (χ0n) is 12.1. The summed E-state index contributed by atoms with van der Waals surface area (Å²) in [5.41, 5.74) is 3.16. The number of carbonyl (C=O) groups excluding carboxylic acids is 1. The second-order valence-electron chi connectivity index (χ2n) is 5.39. The summed E-state index contributed by atoms with van der Waals surface area (Å²) in [4.78, 5) is 14.1. The van der Waals surface area contributed by atoms with Gasteiger partial charge in [-0.3, -0.25) is 9.52 Å². The Bertz CT molecular complexity index is 831. The first-order valence-corrected chi connectivity index (χ1v) is 8.75. The second-order valence-corrected chi connectivity index (χ2v) is 7.14. The van der Waals surface area contributed by atoms with Gasteiger partial charge in [0.25, 0.3) is 5.91 Å². The van der Waals surface area contributed by atoms with Crippen molar-refractivity contribution in [1.29, 1.82) is 0 Å². The van der Waals surface area contributed by atoms with E-state index in [0.717, 1.165) is 22.9 Å². The SMILES string of the molecule is CS(=O)(=O)Nc1cccc(CN2Cc3ccccc3C2=O)c1. The van der Waals surface area contributed by atoms with Crippen molar-refractivity contribution in [2.24, 2.45) is 0 Å². The topological polar surface area (TPSA) is 66.5 Å². The fraction of sp³-hybridized carbons (Fsp3) is 0.188. The molecule has 0 aromatic heterocycles. The van der Waals surface area contributed by atoms with Crippen molar-refractivity contribution < 1.29 is 13.2 Å². The quantitative estimate of drug-likeness (QED) is 0.940. The average molecular weight is 316 g/mol. The molecule has 0 bridgehead atoms. The van der Waals surface area contributed by atoms with Crippen LogP contribution in [0.1, 0.15) is 21.5 Å². The smallest absolute Gasteiger partial charge is 0.254 e. The molecule has 22 heavy (non-hydrogen) atoms. The minimum atomic E-state index is -3.31. The monoisotopic (exact) mass is 316 g/mol. The normalized spacial score (nSPS) is 14.0. The Balaban J connectivity index is 1.78. The van der Waals surface area contributed by atoms with Gasteiger partial charge < -0.3 is 4.90 Å². The number of nitrogens with one attached hydrogen (secondary N) is 1. The van der Waals surface area contributed by atoms with E-state index in [4.69, 9.17) is 0 Å². The van der Waals surface area contributed by atoms with Gasteiger partial charge >= 0.3 is 0 Å². The van der Waals surface area contributed by atoms with E-state index >= 15 is 0 Å². The Hall–Kier alpha value is -2.34. The predicted molar refractivity (Wildman–Crippen MR) is 84.9 cm³/mol. The molecule has 2 aromatic rings. The van der Waals surface area contributed by atoms with E-state index in [2.05, 4.69) is 4.72 Å². The van der Waals surface area contributed by atoms with Gasteiger partial charge in [-0.1, -0.05) is 30.3 Å². The number of anilines is 1. The maximum absolute atomic E-state index is 12.3. The first-order chi connectivity index (χ1) is 10.4. The van der Waals surface area contributed by atoms with Gasteiger partial charge in [0.15, 0.2) is 0 Å². The highest BCUT2D eigenvalue weighted by Crippen LogP contribution is 2.24. The van der Waals surface area contributed by atoms with Crippen molar-refractivity contribution in [3.8, 4) is 0 Å². The van der Waals surface area contributed by atoms with E-state index in [9.17, 15) is 13.2 Å². The van der Waals surface area contributed by atoms with Crippen LogP contribution in [-0.4, -0.2) is 25.5 Å². The molecule has 0 saturated heterocycles. The van der Waals surface area contributed by atoms with Gasteiger partial charge in [0, 0.05) is 24.3 Å². The Morgan fingerprint density at radius 1 is 1.14 bits per heavy atom. The minimum absolute atomic E-state index is 0.0112. The van der Waals surface area contributed by atoms with E-state index in [1.165, 1.54) is 0 Å². The van der Waals surface area contributed by atoms with Crippen LogP contribution in [0.5, 0.6) is 0 Å². The van der Waals surface area contributed by atoms with E-state index in [-0.39, 0.29) is 5.91 Å². The van der Waals surface area contributed by atoms with Crippen molar-refractivity contribution in [3.63, 3.8) is 0 Å². The Morgan fingerprint density at radius 3 is 2.64 bits per heavy atom. The van der Waals surface area contributed by atoms with Gasteiger partial charge in [-0.05, 0) is 29.3 Å². The highest BCUT2D eigenvalue weighted by molar-refractivity contribution is 7.92. The molecule has 1 N–H and O–H groups in total. The van der Waals surface area contributed by atoms with Gasteiger partial charge in [-0.25, -0.2) is 8.42 Å². The number of hydrogen-bond acceptors (Lipinski definition) is 3. The third-order valence-corrected chi connectivity index (χ3v) is 4.11. The number of amides is 1. The number of nitrogens with zero attached hydrogens (tertiary/aromatic N) is 1. The van der Waals surface area contributed by atoms with E-state index in [1.54, 1.807) is 23.1 Å². The molecule has 2 aromatic carbocycles. The van der Waals surface area contributed by atoms with Crippen molar-refractivity contribution in [2.45, 2.75) is 13.1 Å². The van der Waals surface area contributed by atoms with Crippen molar-refractivity contribution in [1.82, 2.24) is 4.90 Å². The van der Waals surface area contributed by atoms with Gasteiger partial charge in [0.1, 0.15) is 0 Å². The first-order valence-electron chi connectivity index (χ1n) is 6.86. The third kappa shape index (κ3) is 3.12. The molecular weight excluding hydrogens is 300 g/mol. The zero-order chi connectivity index (χ0) is 15.7. The lowest BCUT2D eigenvalue weighted by Gasteiger charge is -2.16. The number of sulfonamides is 1. The third-order valence-electron chi connectivity index (χ3n) is 3.50. The second kappa shape index (κ2) is 5.46. The molecule has 1 heterocycles. The van der Waals surface area contributed by atoms with Crippen LogP contribution in [0.3, 0.4) is 0 Å². The summed E-state index contributed by atoms with van der Waals surface area (Å²) in [5.74, 6) is 0.0112. The first kappa shape index (κ1) is 14.6. The summed E-state index contributed by atoms with van der Waals surface area (Å²) in [5, 5.41) is 0. The lowest BCUT2D eigenvalue weighted by molar-refractivity contribution is 0.0766. The molecule has 5 nitrogen and oxygen atoms in total. The van der Waals surface area contributed by atoms with Crippen LogP contribution >= 0.6 is 0 Å². The highest BCUT2D eigenvalue weighted by Gasteiger charge is 2.26. The summed E-state index contributed by atoms with van der Waals surface area (Å²) in [6.45, 7) is 1.03. The van der Waals surface area contributed by atoms with Crippen LogP contribution in [0.15, 0.2) is 48.5 Å². The number of benzene rings is 2. The fourth-order valence-electron chi connectivity index (χ4n) is 2.61. The molecule has 3 rings (SSSR count).